The summed E-state index contributed by atoms with van der Waals surface area (Å²) in [5.41, 5.74) is -1.84. The maximum Gasteiger partial charge on any atom is 0.437 e. The number of aromatic nitrogens is 2. The highest BCUT2D eigenvalue weighted by atomic mass is 19.4. The molecule has 1 aromatic carbocycles. The van der Waals surface area contributed by atoms with Crippen LogP contribution in [0.25, 0.3) is 0 Å². The van der Waals surface area contributed by atoms with Crippen molar-refractivity contribution in [2.75, 3.05) is 41.3 Å². The molecule has 2 fully saturated rings. The highest BCUT2D eigenvalue weighted by molar-refractivity contribution is 6.03. The maximum absolute atomic E-state index is 13.9. The molecule has 5 rings (SSSR count). The standard InChI is InChI=1S/C27H27F5N6O3/c28-18-5-4-6-19(29)21(18)24(39)34-16-9-13-37(14-10-16)20-8-7-17(15-33-20)35-25(40)22-23(27(30,31)32)36-26(41-22)38-11-2-1-3-12-38/h4-8,15-16H,1-3,9-14H2,(H,34,39)(H,35,40). The van der Waals surface area contributed by atoms with E-state index >= 15 is 0 Å². The Hall–Kier alpha value is -4.23. The van der Waals surface area contributed by atoms with Crippen molar-refractivity contribution in [2.24, 2.45) is 0 Å². The lowest BCUT2D eigenvalue weighted by molar-refractivity contribution is -0.141. The van der Waals surface area contributed by atoms with Crippen LogP contribution in [0.3, 0.4) is 0 Å². The summed E-state index contributed by atoms with van der Waals surface area (Å²) in [4.78, 5) is 36.5. The molecule has 0 bridgehead atoms. The monoisotopic (exact) mass is 578 g/mol. The number of anilines is 3. The zero-order chi connectivity index (χ0) is 29.1. The number of nitrogens with one attached hydrogen (secondary N) is 2. The number of piperidine rings is 2. The van der Waals surface area contributed by atoms with Crippen LogP contribution in [-0.2, 0) is 6.18 Å². The first-order valence-electron chi connectivity index (χ1n) is 13.2. The van der Waals surface area contributed by atoms with Crippen molar-refractivity contribution in [1.82, 2.24) is 15.3 Å². The molecule has 2 aliphatic rings. The second kappa shape index (κ2) is 11.7. The van der Waals surface area contributed by atoms with Crippen molar-refractivity contribution in [1.29, 1.82) is 0 Å². The quantitative estimate of drug-likeness (QED) is 0.397. The predicted molar refractivity (Wildman–Crippen MR) is 139 cm³/mol. The van der Waals surface area contributed by atoms with Crippen molar-refractivity contribution in [3.05, 3.63) is 65.2 Å². The van der Waals surface area contributed by atoms with Gasteiger partial charge in [0.05, 0.1) is 11.9 Å². The van der Waals surface area contributed by atoms with E-state index in [1.165, 1.54) is 18.3 Å². The summed E-state index contributed by atoms with van der Waals surface area (Å²) in [5.74, 6) is -4.14. The Labute approximate surface area is 231 Å². The molecular weight excluding hydrogens is 551 g/mol. The van der Waals surface area contributed by atoms with Crippen molar-refractivity contribution >= 4 is 29.3 Å². The number of hydrogen-bond acceptors (Lipinski definition) is 7. The average molecular weight is 579 g/mol. The summed E-state index contributed by atoms with van der Waals surface area (Å²) >= 11 is 0. The van der Waals surface area contributed by atoms with Gasteiger partial charge in [0.25, 0.3) is 17.8 Å². The molecule has 0 spiro atoms. The minimum atomic E-state index is -4.87. The molecular formula is C27H27F5N6O3. The van der Waals surface area contributed by atoms with Crippen molar-refractivity contribution < 1.29 is 36.0 Å². The minimum Gasteiger partial charge on any atom is -0.417 e. The largest absolute Gasteiger partial charge is 0.437 e. The normalized spacial score (nSPS) is 16.5. The highest BCUT2D eigenvalue weighted by Gasteiger charge is 2.42. The Morgan fingerprint density at radius 2 is 1.59 bits per heavy atom. The number of rotatable bonds is 6. The number of alkyl halides is 3. The van der Waals surface area contributed by atoms with Gasteiger partial charge >= 0.3 is 6.18 Å². The maximum atomic E-state index is 13.9. The molecule has 0 radical (unpaired) electrons. The number of benzene rings is 1. The lowest BCUT2D eigenvalue weighted by atomic mass is 10.0. The summed E-state index contributed by atoms with van der Waals surface area (Å²) in [6.45, 7) is 1.96. The summed E-state index contributed by atoms with van der Waals surface area (Å²) in [6.07, 6.45) is -0.0178. The summed E-state index contributed by atoms with van der Waals surface area (Å²) in [5, 5.41) is 5.05. The molecule has 2 amide bonds. The Morgan fingerprint density at radius 1 is 0.902 bits per heavy atom. The number of pyridine rings is 1. The van der Waals surface area contributed by atoms with Crippen LogP contribution in [0.5, 0.6) is 0 Å². The Kier molecular flexibility index (Phi) is 8.08. The molecule has 3 aromatic rings. The Bertz CT molecular complexity index is 1380. The summed E-state index contributed by atoms with van der Waals surface area (Å²) in [6, 6.07) is 5.81. The third-order valence-electron chi connectivity index (χ3n) is 7.07. The average Bonchev–Trinajstić information content (AvgIpc) is 3.41. The van der Waals surface area contributed by atoms with Crippen LogP contribution in [0.4, 0.5) is 39.5 Å². The minimum absolute atomic E-state index is 0.164. The van der Waals surface area contributed by atoms with Gasteiger partial charge in [-0.25, -0.2) is 13.8 Å². The molecule has 0 aliphatic carbocycles. The van der Waals surface area contributed by atoms with E-state index in [2.05, 4.69) is 20.6 Å². The van der Waals surface area contributed by atoms with E-state index in [-0.39, 0.29) is 17.7 Å². The first-order valence-corrected chi connectivity index (χ1v) is 13.2. The lowest BCUT2D eigenvalue weighted by Gasteiger charge is -2.33. The molecule has 2 aliphatic heterocycles. The number of carbonyl (C=O) groups is 2. The van der Waals surface area contributed by atoms with Gasteiger partial charge < -0.3 is 24.9 Å². The van der Waals surface area contributed by atoms with Crippen LogP contribution >= 0.6 is 0 Å². The Morgan fingerprint density at radius 3 is 2.20 bits per heavy atom. The highest BCUT2D eigenvalue weighted by Crippen LogP contribution is 2.35. The molecule has 2 saturated heterocycles. The number of hydrogen-bond donors (Lipinski definition) is 2. The van der Waals surface area contributed by atoms with Gasteiger partial charge in [-0.15, -0.1) is 0 Å². The third-order valence-corrected chi connectivity index (χ3v) is 7.07. The van der Waals surface area contributed by atoms with Crippen LogP contribution in [-0.4, -0.2) is 54.0 Å². The van der Waals surface area contributed by atoms with Gasteiger partial charge in [-0.1, -0.05) is 6.07 Å². The first-order chi connectivity index (χ1) is 19.6. The van der Waals surface area contributed by atoms with E-state index < -0.39 is 46.6 Å². The molecule has 41 heavy (non-hydrogen) atoms. The summed E-state index contributed by atoms with van der Waals surface area (Å²) in [7, 11) is 0. The zero-order valence-corrected chi connectivity index (χ0v) is 21.8. The molecule has 0 saturated carbocycles. The molecule has 2 N–H and O–H groups in total. The van der Waals surface area contributed by atoms with Crippen LogP contribution < -0.4 is 20.4 Å². The molecule has 9 nitrogen and oxygen atoms in total. The van der Waals surface area contributed by atoms with Crippen LogP contribution in [0.15, 0.2) is 40.9 Å². The lowest BCUT2D eigenvalue weighted by Crippen LogP contribution is -2.45. The van der Waals surface area contributed by atoms with E-state index in [1.807, 2.05) is 4.90 Å². The molecule has 2 aromatic heterocycles. The second-order valence-electron chi connectivity index (χ2n) is 9.91. The van der Waals surface area contributed by atoms with Gasteiger partial charge in [0, 0.05) is 32.2 Å². The van der Waals surface area contributed by atoms with Crippen molar-refractivity contribution in [3.63, 3.8) is 0 Å². The first kappa shape index (κ1) is 28.3. The van der Waals surface area contributed by atoms with Crippen LogP contribution in [0, 0.1) is 11.6 Å². The SMILES string of the molecule is O=C(Nc1ccc(N2CCC(NC(=O)c3c(F)cccc3F)CC2)nc1)c1oc(N2CCCCC2)nc1C(F)(F)F. The van der Waals surface area contributed by atoms with E-state index in [4.69, 9.17) is 4.42 Å². The van der Waals surface area contributed by atoms with Gasteiger partial charge in [-0.3, -0.25) is 9.59 Å². The third kappa shape index (κ3) is 6.41. The smallest absolute Gasteiger partial charge is 0.417 e. The van der Waals surface area contributed by atoms with E-state index in [0.29, 0.717) is 44.8 Å². The van der Waals surface area contributed by atoms with Crippen LogP contribution in [0.1, 0.15) is 58.7 Å². The second-order valence-corrected chi connectivity index (χ2v) is 9.91. The van der Waals surface area contributed by atoms with Gasteiger partial charge in [0.15, 0.2) is 5.69 Å². The summed E-state index contributed by atoms with van der Waals surface area (Å²) < 4.78 is 73.9. The van der Waals surface area contributed by atoms with Gasteiger partial charge in [-0.2, -0.15) is 18.2 Å². The molecule has 14 heteroatoms. The molecule has 218 valence electrons. The number of amides is 2. The molecule has 0 unspecified atom stereocenters. The molecule has 0 atom stereocenters. The van der Waals surface area contributed by atoms with E-state index in [1.54, 1.807) is 11.0 Å². The number of nitrogens with zero attached hydrogens (tertiary/aromatic N) is 4. The van der Waals surface area contributed by atoms with Crippen LogP contribution in [0.2, 0.25) is 0 Å². The van der Waals surface area contributed by atoms with E-state index in [0.717, 1.165) is 31.4 Å². The van der Waals surface area contributed by atoms with Gasteiger partial charge in [0.2, 0.25) is 5.76 Å². The topological polar surface area (TPSA) is 104 Å². The van der Waals surface area contributed by atoms with Gasteiger partial charge in [0.1, 0.15) is 23.0 Å². The van der Waals surface area contributed by atoms with Crippen molar-refractivity contribution in [3.8, 4) is 0 Å². The zero-order valence-electron chi connectivity index (χ0n) is 21.8. The Balaban J connectivity index is 1.19. The number of carbonyl (C=O) groups excluding carboxylic acids is 2. The predicted octanol–water partition coefficient (Wildman–Crippen LogP) is 5.01. The number of oxazole rings is 1. The van der Waals surface area contributed by atoms with E-state index in [9.17, 15) is 31.5 Å². The molecule has 4 heterocycles. The number of halogens is 5. The fourth-order valence-corrected chi connectivity index (χ4v) is 4.94. The fourth-order valence-electron chi connectivity index (χ4n) is 4.94. The van der Waals surface area contributed by atoms with Gasteiger partial charge in [-0.05, 0) is 56.4 Å². The van der Waals surface area contributed by atoms with Crippen molar-refractivity contribution in [2.45, 2.75) is 44.3 Å². The fraction of sp³-hybridized carbons (Fsp3) is 0.407.